The van der Waals surface area contributed by atoms with Crippen LogP contribution in [0.5, 0.6) is 0 Å². The zero-order valence-electron chi connectivity index (χ0n) is 17.1. The van der Waals surface area contributed by atoms with E-state index in [1.165, 1.54) is 13.3 Å². The predicted octanol–water partition coefficient (Wildman–Crippen LogP) is 3.10. The van der Waals surface area contributed by atoms with Crippen LogP contribution in [0.25, 0.3) is 0 Å². The van der Waals surface area contributed by atoms with Gasteiger partial charge in [-0.2, -0.15) is 0 Å². The largest absolute Gasteiger partial charge is 0.349 e. The molecule has 0 unspecified atom stereocenters. The quantitative estimate of drug-likeness (QED) is 0.613. The van der Waals surface area contributed by atoms with Gasteiger partial charge in [0.1, 0.15) is 0 Å². The van der Waals surface area contributed by atoms with Crippen LogP contribution in [0.15, 0.2) is 24.3 Å². The first-order chi connectivity index (χ1) is 13.8. The minimum atomic E-state index is -0.339. The zero-order valence-corrected chi connectivity index (χ0v) is 17.1. The van der Waals surface area contributed by atoms with E-state index in [0.717, 1.165) is 37.5 Å². The van der Waals surface area contributed by atoms with Gasteiger partial charge in [-0.05, 0) is 74.0 Å². The predicted molar refractivity (Wildman–Crippen MR) is 111 cm³/mol. The molecule has 7 heteroatoms. The Labute approximate surface area is 171 Å². The minimum absolute atomic E-state index is 0.0253. The molecule has 0 aliphatic heterocycles. The van der Waals surface area contributed by atoms with E-state index in [0.29, 0.717) is 29.8 Å². The SMILES string of the molecule is CC(=O)Nc1cccc(NC(=O)NCC2(NC(C)=O)C3CC4CC(C3)CC2C4)c1. The molecule has 4 amide bonds. The molecule has 0 saturated heterocycles. The van der Waals surface area contributed by atoms with Gasteiger partial charge in [-0.1, -0.05) is 6.07 Å². The number of rotatable bonds is 5. The summed E-state index contributed by atoms with van der Waals surface area (Å²) in [6, 6.07) is 6.73. The third-order valence-corrected chi connectivity index (χ3v) is 6.99. The van der Waals surface area contributed by atoms with Crippen LogP contribution < -0.4 is 21.3 Å². The van der Waals surface area contributed by atoms with Gasteiger partial charge in [-0.25, -0.2) is 4.79 Å². The third kappa shape index (κ3) is 4.09. The summed E-state index contributed by atoms with van der Waals surface area (Å²) < 4.78 is 0. The molecular formula is C22H30N4O3. The summed E-state index contributed by atoms with van der Waals surface area (Å²) >= 11 is 0. The first-order valence-electron chi connectivity index (χ1n) is 10.6. The van der Waals surface area contributed by atoms with Crippen molar-refractivity contribution in [3.63, 3.8) is 0 Å². The van der Waals surface area contributed by atoms with Gasteiger partial charge < -0.3 is 21.3 Å². The average molecular weight is 399 g/mol. The number of benzene rings is 1. The number of urea groups is 1. The molecule has 4 bridgehead atoms. The van der Waals surface area contributed by atoms with E-state index >= 15 is 0 Å². The Morgan fingerprint density at radius 2 is 1.48 bits per heavy atom. The van der Waals surface area contributed by atoms with Gasteiger partial charge in [0, 0.05) is 31.8 Å². The van der Waals surface area contributed by atoms with Crippen LogP contribution in [-0.2, 0) is 9.59 Å². The fraction of sp³-hybridized carbons (Fsp3) is 0.591. The third-order valence-electron chi connectivity index (χ3n) is 6.99. The molecule has 1 aromatic rings. The maximum Gasteiger partial charge on any atom is 0.319 e. The highest BCUT2D eigenvalue weighted by Crippen LogP contribution is 2.58. The molecule has 1 aromatic carbocycles. The molecule has 0 radical (unpaired) electrons. The lowest BCUT2D eigenvalue weighted by molar-refractivity contribution is -0.129. The Morgan fingerprint density at radius 3 is 2.03 bits per heavy atom. The summed E-state index contributed by atoms with van der Waals surface area (Å²) in [6.07, 6.45) is 5.93. The van der Waals surface area contributed by atoms with Crippen molar-refractivity contribution in [2.24, 2.45) is 23.7 Å². The molecule has 4 fully saturated rings. The summed E-state index contributed by atoms with van der Waals surface area (Å²) in [7, 11) is 0. The maximum atomic E-state index is 12.6. The highest BCUT2D eigenvalue weighted by molar-refractivity contribution is 5.92. The second kappa shape index (κ2) is 7.69. The Kier molecular flexibility index (Phi) is 5.23. The number of amides is 4. The molecule has 156 valence electrons. The van der Waals surface area contributed by atoms with E-state index in [-0.39, 0.29) is 23.4 Å². The molecule has 4 saturated carbocycles. The first-order valence-corrected chi connectivity index (χ1v) is 10.6. The highest BCUT2D eigenvalue weighted by atomic mass is 16.2. The van der Waals surface area contributed by atoms with Gasteiger partial charge in [-0.15, -0.1) is 0 Å². The van der Waals surface area contributed by atoms with Crippen molar-refractivity contribution >= 4 is 29.2 Å². The minimum Gasteiger partial charge on any atom is -0.349 e. The zero-order chi connectivity index (χ0) is 20.6. The molecule has 0 spiro atoms. The van der Waals surface area contributed by atoms with Crippen molar-refractivity contribution < 1.29 is 14.4 Å². The molecule has 0 atom stereocenters. The number of nitrogens with one attached hydrogen (secondary N) is 4. The number of hydrogen-bond acceptors (Lipinski definition) is 3. The summed E-state index contributed by atoms with van der Waals surface area (Å²) in [4.78, 5) is 35.8. The smallest absolute Gasteiger partial charge is 0.319 e. The molecule has 29 heavy (non-hydrogen) atoms. The maximum absolute atomic E-state index is 12.6. The molecule has 0 heterocycles. The van der Waals surface area contributed by atoms with Gasteiger partial charge in [-0.3, -0.25) is 9.59 Å². The van der Waals surface area contributed by atoms with Gasteiger partial charge in [0.15, 0.2) is 0 Å². The molecule has 4 aliphatic rings. The number of hydrogen-bond donors (Lipinski definition) is 4. The van der Waals surface area contributed by atoms with Crippen LogP contribution >= 0.6 is 0 Å². The van der Waals surface area contributed by atoms with E-state index in [9.17, 15) is 14.4 Å². The standard InChI is InChI=1S/C22H30N4O3/c1-13(27)24-19-4-3-5-20(11-19)25-21(29)23-12-22(26-14(2)28)17-7-15-6-16(9-17)10-18(22)8-15/h3-5,11,15-18H,6-10,12H2,1-2H3,(H,24,27)(H,26,28)(H2,23,25,29). The van der Waals surface area contributed by atoms with Crippen LogP contribution in [0.3, 0.4) is 0 Å². The lowest BCUT2D eigenvalue weighted by Crippen LogP contribution is -2.70. The van der Waals surface area contributed by atoms with Crippen molar-refractivity contribution in [2.45, 2.75) is 51.5 Å². The first kappa shape index (κ1) is 19.7. The Balaban J connectivity index is 1.43. The second-order valence-electron chi connectivity index (χ2n) is 9.10. The number of carbonyl (C=O) groups excluding carboxylic acids is 3. The van der Waals surface area contributed by atoms with E-state index in [1.807, 2.05) is 0 Å². The summed E-state index contributed by atoms with van der Waals surface area (Å²) in [6.45, 7) is 3.46. The topological polar surface area (TPSA) is 99.3 Å². The number of carbonyl (C=O) groups is 3. The van der Waals surface area contributed by atoms with E-state index in [4.69, 9.17) is 0 Å². The van der Waals surface area contributed by atoms with Crippen LogP contribution in [0, 0.1) is 23.7 Å². The molecule has 7 nitrogen and oxygen atoms in total. The molecule has 5 rings (SSSR count). The van der Waals surface area contributed by atoms with Gasteiger partial charge in [0.25, 0.3) is 0 Å². The van der Waals surface area contributed by atoms with E-state index in [2.05, 4.69) is 21.3 Å². The lowest BCUT2D eigenvalue weighted by atomic mass is 9.48. The van der Waals surface area contributed by atoms with E-state index in [1.54, 1.807) is 31.2 Å². The Bertz CT molecular complexity index is 794. The normalized spacial score (nSPS) is 31.8. The van der Waals surface area contributed by atoms with Gasteiger partial charge in [0.2, 0.25) is 11.8 Å². The molecule has 0 aromatic heterocycles. The van der Waals surface area contributed by atoms with Crippen LogP contribution in [0.2, 0.25) is 0 Å². The fourth-order valence-electron chi connectivity index (χ4n) is 6.17. The fourth-order valence-corrected chi connectivity index (χ4v) is 6.17. The summed E-state index contributed by atoms with van der Waals surface area (Å²) in [5, 5.41) is 11.8. The highest BCUT2D eigenvalue weighted by Gasteiger charge is 2.57. The summed E-state index contributed by atoms with van der Waals surface area (Å²) in [5.41, 5.74) is 0.896. The van der Waals surface area contributed by atoms with Crippen molar-refractivity contribution in [3.8, 4) is 0 Å². The molecule has 4 aliphatic carbocycles. The number of anilines is 2. The molecule has 4 N–H and O–H groups in total. The van der Waals surface area contributed by atoms with Gasteiger partial charge in [0.05, 0.1) is 5.54 Å². The van der Waals surface area contributed by atoms with Crippen molar-refractivity contribution in [2.75, 3.05) is 17.2 Å². The Hall–Kier alpha value is -2.57. The van der Waals surface area contributed by atoms with Crippen LogP contribution in [-0.4, -0.2) is 29.9 Å². The second-order valence-corrected chi connectivity index (χ2v) is 9.10. The summed E-state index contributed by atoms with van der Waals surface area (Å²) in [5.74, 6) is 2.25. The van der Waals surface area contributed by atoms with Crippen molar-refractivity contribution in [1.29, 1.82) is 0 Å². The van der Waals surface area contributed by atoms with E-state index < -0.39 is 0 Å². The Morgan fingerprint density at radius 1 is 0.897 bits per heavy atom. The van der Waals surface area contributed by atoms with Crippen molar-refractivity contribution in [1.82, 2.24) is 10.6 Å². The monoisotopic (exact) mass is 398 g/mol. The van der Waals surface area contributed by atoms with Gasteiger partial charge >= 0.3 is 6.03 Å². The lowest BCUT2D eigenvalue weighted by Gasteiger charge is -2.61. The molecular weight excluding hydrogens is 368 g/mol. The average Bonchev–Trinajstić information content (AvgIpc) is 2.62. The van der Waals surface area contributed by atoms with Crippen LogP contribution in [0.1, 0.15) is 46.0 Å². The van der Waals surface area contributed by atoms with Crippen molar-refractivity contribution in [3.05, 3.63) is 24.3 Å². The van der Waals surface area contributed by atoms with Crippen LogP contribution in [0.4, 0.5) is 16.2 Å².